The summed E-state index contributed by atoms with van der Waals surface area (Å²) in [6.07, 6.45) is 25.1. The monoisotopic (exact) mass is 462 g/mol. The van der Waals surface area contributed by atoms with Crippen molar-refractivity contribution in [2.45, 2.75) is 12.8 Å². The van der Waals surface area contributed by atoms with Gasteiger partial charge in [-0.3, -0.25) is 0 Å². The molecule has 1 aromatic carbocycles. The van der Waals surface area contributed by atoms with Crippen LogP contribution in [0.15, 0.2) is 139 Å². The SMILES string of the molecule is C=C(C=CC(=C)/C=C\C(=C)N(C)C)/C=C\C(=C)C=Cc1ccc(N2CCC3CC=CC=C3C2)cc1. The standard InChI is InChI=1S/C33H38N2/c1-26(11-13-27(2)15-17-29(4)34(5)6)12-14-28(3)16-18-30-19-21-33(22-20-30)35-24-23-31-9-7-8-10-32(31)25-35/h7-8,10-22,31H,1-4,9,23-25H2,5-6H3/b13-11?,14-12-,17-15-,18-16?. The summed E-state index contributed by atoms with van der Waals surface area (Å²) >= 11 is 0. The summed E-state index contributed by atoms with van der Waals surface area (Å²) in [5.41, 5.74) is 7.65. The average Bonchev–Trinajstić information content (AvgIpc) is 2.88. The highest BCUT2D eigenvalue weighted by molar-refractivity contribution is 5.59. The Balaban J connectivity index is 1.48. The topological polar surface area (TPSA) is 6.48 Å². The molecular formula is C33H38N2. The summed E-state index contributed by atoms with van der Waals surface area (Å²) in [4.78, 5) is 4.44. The zero-order chi connectivity index (χ0) is 25.2. The van der Waals surface area contributed by atoms with Gasteiger partial charge in [0, 0.05) is 38.6 Å². The van der Waals surface area contributed by atoms with E-state index < -0.39 is 0 Å². The molecule has 2 heteroatoms. The zero-order valence-corrected chi connectivity index (χ0v) is 21.3. The van der Waals surface area contributed by atoms with Gasteiger partial charge in [0.15, 0.2) is 0 Å². The molecule has 0 saturated carbocycles. The van der Waals surface area contributed by atoms with E-state index in [0.29, 0.717) is 0 Å². The minimum absolute atomic E-state index is 0.744. The lowest BCUT2D eigenvalue weighted by Crippen LogP contribution is -2.35. The Bertz CT molecular complexity index is 1130. The van der Waals surface area contributed by atoms with Gasteiger partial charge < -0.3 is 9.80 Å². The summed E-state index contributed by atoms with van der Waals surface area (Å²) in [6.45, 7) is 18.4. The van der Waals surface area contributed by atoms with Gasteiger partial charge in [-0.05, 0) is 64.8 Å². The van der Waals surface area contributed by atoms with E-state index in [1.807, 2.05) is 61.5 Å². The third-order valence-corrected chi connectivity index (χ3v) is 6.35. The molecule has 1 fully saturated rings. The maximum atomic E-state index is 4.13. The van der Waals surface area contributed by atoms with Crippen LogP contribution in [0, 0.1) is 5.92 Å². The third-order valence-electron chi connectivity index (χ3n) is 6.35. The van der Waals surface area contributed by atoms with Crippen molar-refractivity contribution in [1.82, 2.24) is 4.90 Å². The first kappa shape index (κ1) is 25.8. The highest BCUT2D eigenvalue weighted by atomic mass is 15.1. The fraction of sp³-hybridized carbons (Fsp3) is 0.212. The number of nitrogens with zero attached hydrogens (tertiary/aromatic N) is 2. The van der Waals surface area contributed by atoms with E-state index in [-0.39, 0.29) is 0 Å². The Morgan fingerprint density at radius 3 is 2.09 bits per heavy atom. The van der Waals surface area contributed by atoms with E-state index in [2.05, 4.69) is 79.8 Å². The van der Waals surface area contributed by atoms with Gasteiger partial charge in [0.1, 0.15) is 0 Å². The summed E-state index contributed by atoms with van der Waals surface area (Å²) < 4.78 is 0. The molecule has 1 aliphatic carbocycles. The summed E-state index contributed by atoms with van der Waals surface area (Å²) in [5.74, 6) is 0.744. The largest absolute Gasteiger partial charge is 0.378 e. The Kier molecular flexibility index (Phi) is 9.31. The second-order valence-corrected chi connectivity index (χ2v) is 9.35. The molecule has 1 aliphatic heterocycles. The molecule has 1 unspecified atom stereocenters. The molecule has 3 rings (SSSR count). The predicted molar refractivity (Wildman–Crippen MR) is 155 cm³/mol. The van der Waals surface area contributed by atoms with Crippen LogP contribution in [-0.4, -0.2) is 32.1 Å². The fourth-order valence-electron chi connectivity index (χ4n) is 3.99. The Hall–Kier alpha value is -3.78. The second-order valence-electron chi connectivity index (χ2n) is 9.35. The molecule has 1 aromatic rings. The van der Waals surface area contributed by atoms with Crippen LogP contribution >= 0.6 is 0 Å². The minimum atomic E-state index is 0.744. The first-order valence-corrected chi connectivity index (χ1v) is 12.2. The number of hydrogen-bond acceptors (Lipinski definition) is 2. The van der Waals surface area contributed by atoms with Gasteiger partial charge >= 0.3 is 0 Å². The lowest BCUT2D eigenvalue weighted by Gasteiger charge is -2.36. The Morgan fingerprint density at radius 2 is 1.46 bits per heavy atom. The summed E-state index contributed by atoms with van der Waals surface area (Å²) in [6, 6.07) is 8.80. The highest BCUT2D eigenvalue weighted by Crippen LogP contribution is 2.31. The van der Waals surface area contributed by atoms with Crippen molar-refractivity contribution in [1.29, 1.82) is 0 Å². The van der Waals surface area contributed by atoms with Crippen LogP contribution < -0.4 is 4.90 Å². The van der Waals surface area contributed by atoms with E-state index in [4.69, 9.17) is 0 Å². The summed E-state index contributed by atoms with van der Waals surface area (Å²) in [7, 11) is 3.93. The van der Waals surface area contributed by atoms with E-state index >= 15 is 0 Å². The number of allylic oxidation sites excluding steroid dienone is 13. The van der Waals surface area contributed by atoms with Crippen molar-refractivity contribution in [3.05, 3.63) is 145 Å². The van der Waals surface area contributed by atoms with Crippen molar-refractivity contribution >= 4 is 11.8 Å². The number of likely N-dealkylation sites (N-methyl/N-ethyl adjacent to an activating group) is 1. The lowest BCUT2D eigenvalue weighted by molar-refractivity contribution is 0.502. The molecule has 0 radical (unpaired) electrons. The van der Waals surface area contributed by atoms with Gasteiger partial charge in [0.2, 0.25) is 0 Å². The van der Waals surface area contributed by atoms with E-state index in [1.54, 1.807) is 5.57 Å². The van der Waals surface area contributed by atoms with Gasteiger partial charge in [-0.1, -0.05) is 99.2 Å². The molecule has 0 aromatic heterocycles. The number of fused-ring (bicyclic) bond motifs is 1. The fourth-order valence-corrected chi connectivity index (χ4v) is 3.99. The van der Waals surface area contributed by atoms with Gasteiger partial charge in [0.25, 0.3) is 0 Å². The average molecular weight is 463 g/mol. The van der Waals surface area contributed by atoms with Crippen molar-refractivity contribution < 1.29 is 0 Å². The summed E-state index contributed by atoms with van der Waals surface area (Å²) in [5, 5.41) is 0. The van der Waals surface area contributed by atoms with Crippen LogP contribution in [0.4, 0.5) is 5.69 Å². The second kappa shape index (κ2) is 12.6. The number of rotatable bonds is 10. The Labute approximate surface area is 212 Å². The van der Waals surface area contributed by atoms with Crippen molar-refractivity contribution in [2.75, 3.05) is 32.1 Å². The third kappa shape index (κ3) is 8.19. The first-order chi connectivity index (χ1) is 16.8. The molecule has 0 spiro atoms. The Morgan fingerprint density at radius 1 is 0.857 bits per heavy atom. The molecule has 180 valence electrons. The van der Waals surface area contributed by atoms with E-state index in [0.717, 1.165) is 41.4 Å². The highest BCUT2D eigenvalue weighted by Gasteiger charge is 2.23. The van der Waals surface area contributed by atoms with Crippen molar-refractivity contribution in [3.8, 4) is 0 Å². The van der Waals surface area contributed by atoms with Crippen LogP contribution in [0.25, 0.3) is 6.08 Å². The number of piperidine rings is 1. The molecule has 2 aliphatic rings. The zero-order valence-electron chi connectivity index (χ0n) is 21.3. The molecule has 0 N–H and O–H groups in total. The smallest absolute Gasteiger partial charge is 0.0394 e. The van der Waals surface area contributed by atoms with Crippen molar-refractivity contribution in [2.24, 2.45) is 5.92 Å². The van der Waals surface area contributed by atoms with Crippen LogP contribution in [0.3, 0.4) is 0 Å². The van der Waals surface area contributed by atoms with Gasteiger partial charge in [-0.2, -0.15) is 0 Å². The van der Waals surface area contributed by atoms with Gasteiger partial charge in [-0.25, -0.2) is 0 Å². The lowest BCUT2D eigenvalue weighted by atomic mass is 9.85. The van der Waals surface area contributed by atoms with Crippen LogP contribution in [0.1, 0.15) is 18.4 Å². The molecule has 1 atom stereocenters. The molecule has 0 bridgehead atoms. The maximum absolute atomic E-state index is 4.13. The minimum Gasteiger partial charge on any atom is -0.378 e. The first-order valence-electron chi connectivity index (χ1n) is 12.2. The maximum Gasteiger partial charge on any atom is 0.0394 e. The molecule has 0 amide bonds. The normalized spacial score (nSPS) is 17.8. The predicted octanol–water partition coefficient (Wildman–Crippen LogP) is 7.82. The number of benzene rings is 1. The van der Waals surface area contributed by atoms with Crippen LogP contribution in [0.5, 0.6) is 0 Å². The van der Waals surface area contributed by atoms with Crippen molar-refractivity contribution in [3.63, 3.8) is 0 Å². The number of hydrogen-bond donors (Lipinski definition) is 0. The van der Waals surface area contributed by atoms with Crippen LogP contribution in [0.2, 0.25) is 0 Å². The quantitative estimate of drug-likeness (QED) is 0.327. The molecule has 1 heterocycles. The molecule has 35 heavy (non-hydrogen) atoms. The van der Waals surface area contributed by atoms with E-state index in [9.17, 15) is 0 Å². The molecule has 1 saturated heterocycles. The van der Waals surface area contributed by atoms with Crippen LogP contribution in [-0.2, 0) is 0 Å². The molecule has 2 nitrogen and oxygen atoms in total. The number of anilines is 1. The molecular weight excluding hydrogens is 424 g/mol. The van der Waals surface area contributed by atoms with Gasteiger partial charge in [0.05, 0.1) is 0 Å². The van der Waals surface area contributed by atoms with E-state index in [1.165, 1.54) is 24.1 Å². The van der Waals surface area contributed by atoms with Gasteiger partial charge in [-0.15, -0.1) is 0 Å².